The van der Waals surface area contributed by atoms with Crippen LogP contribution in [0.3, 0.4) is 0 Å². The standard InChI is InChI=1S/C28H25Br2NO7S/c29-16-14-18(28(19(30)15-16)38-39(36,37)17-6-2-1-3-7-17)25-26-20(8-4-10-22(26)32)31(13-12-24(34)35)21-9-5-11-23(33)27(21)25/h1-3,6-7,14-15,25H,4-5,8-13H2,(H,34,35). The third-order valence-electron chi connectivity index (χ3n) is 7.21. The SMILES string of the molecule is O=C(O)CCN1C2=C(C(=O)CCC2)C(c2cc(Br)cc(Br)c2OS(=O)(=O)c2ccccc2)C2=C1CCCC2=O. The molecule has 0 fully saturated rings. The van der Waals surface area contributed by atoms with E-state index in [1.807, 2.05) is 4.90 Å². The number of halogens is 2. The van der Waals surface area contributed by atoms with Crippen molar-refractivity contribution in [3.05, 3.63) is 79.5 Å². The monoisotopic (exact) mass is 677 g/mol. The van der Waals surface area contributed by atoms with E-state index in [0.717, 1.165) is 0 Å². The largest absolute Gasteiger partial charge is 0.481 e. The molecule has 1 N–H and O–H groups in total. The fourth-order valence-electron chi connectivity index (χ4n) is 5.63. The first-order chi connectivity index (χ1) is 18.6. The summed E-state index contributed by atoms with van der Waals surface area (Å²) < 4.78 is 33.3. The molecular weight excluding hydrogens is 654 g/mol. The zero-order valence-corrected chi connectivity index (χ0v) is 24.8. The molecule has 5 rings (SSSR count). The Hall–Kier alpha value is -2.76. The van der Waals surface area contributed by atoms with Crippen molar-refractivity contribution in [3.8, 4) is 5.75 Å². The predicted octanol–water partition coefficient (Wildman–Crippen LogP) is 5.87. The van der Waals surface area contributed by atoms with Gasteiger partial charge in [-0.25, -0.2) is 0 Å². The molecule has 3 aliphatic rings. The van der Waals surface area contributed by atoms with Gasteiger partial charge in [0, 0.05) is 57.9 Å². The smallest absolute Gasteiger partial charge is 0.339 e. The van der Waals surface area contributed by atoms with Crippen molar-refractivity contribution in [2.45, 2.75) is 55.8 Å². The fourth-order valence-corrected chi connectivity index (χ4v) is 8.07. The lowest BCUT2D eigenvalue weighted by molar-refractivity contribution is -0.137. The number of hydrogen-bond donors (Lipinski definition) is 1. The van der Waals surface area contributed by atoms with Crippen molar-refractivity contribution >= 4 is 59.5 Å². The van der Waals surface area contributed by atoms with Crippen molar-refractivity contribution < 1.29 is 32.1 Å². The van der Waals surface area contributed by atoms with Gasteiger partial charge in [0.1, 0.15) is 4.90 Å². The first kappa shape index (κ1) is 27.8. The van der Waals surface area contributed by atoms with E-state index in [1.165, 1.54) is 12.1 Å². The molecule has 0 amide bonds. The maximum atomic E-state index is 13.5. The topological polar surface area (TPSA) is 118 Å². The number of allylic oxidation sites excluding steroid dienone is 4. The van der Waals surface area contributed by atoms with E-state index in [2.05, 4.69) is 31.9 Å². The Balaban J connectivity index is 1.74. The van der Waals surface area contributed by atoms with Gasteiger partial charge in [-0.3, -0.25) is 14.4 Å². The van der Waals surface area contributed by atoms with Crippen LogP contribution in [0.25, 0.3) is 0 Å². The van der Waals surface area contributed by atoms with Gasteiger partial charge in [0.05, 0.1) is 10.9 Å². The molecule has 204 valence electrons. The molecule has 2 aromatic carbocycles. The molecule has 8 nitrogen and oxygen atoms in total. The number of carboxylic acid groups (broad SMARTS) is 1. The van der Waals surface area contributed by atoms with Crippen LogP contribution in [-0.2, 0) is 24.5 Å². The van der Waals surface area contributed by atoms with Crippen molar-refractivity contribution in [2.75, 3.05) is 6.54 Å². The maximum absolute atomic E-state index is 13.5. The van der Waals surface area contributed by atoms with Crippen LogP contribution in [-0.4, -0.2) is 42.5 Å². The van der Waals surface area contributed by atoms with Crippen molar-refractivity contribution in [1.29, 1.82) is 0 Å². The van der Waals surface area contributed by atoms with Crippen LogP contribution in [0.15, 0.2) is 78.8 Å². The number of carbonyl (C=O) groups is 3. The van der Waals surface area contributed by atoms with Crippen LogP contribution in [0.2, 0.25) is 0 Å². The van der Waals surface area contributed by atoms with Crippen molar-refractivity contribution in [3.63, 3.8) is 0 Å². The highest BCUT2D eigenvalue weighted by molar-refractivity contribution is 9.11. The molecule has 11 heteroatoms. The van der Waals surface area contributed by atoms with Crippen LogP contribution in [0.1, 0.15) is 56.4 Å². The molecule has 0 atom stereocenters. The Morgan fingerprint density at radius 2 is 1.54 bits per heavy atom. The first-order valence-electron chi connectivity index (χ1n) is 12.6. The molecule has 2 aromatic rings. The number of ketones is 2. The summed E-state index contributed by atoms with van der Waals surface area (Å²) in [7, 11) is -4.25. The van der Waals surface area contributed by atoms with Gasteiger partial charge in [0.15, 0.2) is 17.3 Å². The second kappa shape index (κ2) is 11.0. The Kier molecular flexibility index (Phi) is 7.85. The van der Waals surface area contributed by atoms with Crippen LogP contribution >= 0.6 is 31.9 Å². The highest BCUT2D eigenvalue weighted by atomic mass is 79.9. The lowest BCUT2D eigenvalue weighted by atomic mass is 9.70. The molecule has 1 heterocycles. The van der Waals surface area contributed by atoms with E-state index < -0.39 is 22.0 Å². The van der Waals surface area contributed by atoms with E-state index in [1.54, 1.807) is 30.3 Å². The summed E-state index contributed by atoms with van der Waals surface area (Å²) in [6.07, 6.45) is 2.74. The van der Waals surface area contributed by atoms with Gasteiger partial charge in [0.25, 0.3) is 0 Å². The molecule has 39 heavy (non-hydrogen) atoms. The highest BCUT2D eigenvalue weighted by Crippen LogP contribution is 2.52. The summed E-state index contributed by atoms with van der Waals surface area (Å²) in [5.41, 5.74) is 2.61. The van der Waals surface area contributed by atoms with Crippen molar-refractivity contribution in [2.24, 2.45) is 0 Å². The van der Waals surface area contributed by atoms with E-state index in [0.29, 0.717) is 62.7 Å². The van der Waals surface area contributed by atoms with E-state index in [-0.39, 0.29) is 48.0 Å². The third-order valence-corrected chi connectivity index (χ3v) is 9.49. The highest BCUT2D eigenvalue weighted by Gasteiger charge is 2.45. The van der Waals surface area contributed by atoms with Crippen LogP contribution in [0.4, 0.5) is 0 Å². The lowest BCUT2D eigenvalue weighted by Crippen LogP contribution is -2.40. The molecule has 0 radical (unpaired) electrons. The summed E-state index contributed by atoms with van der Waals surface area (Å²) >= 11 is 6.94. The molecule has 1 aliphatic heterocycles. The average Bonchev–Trinajstić information content (AvgIpc) is 2.89. The first-order valence-corrected chi connectivity index (χ1v) is 15.6. The second-order valence-electron chi connectivity index (χ2n) is 9.66. The Labute approximate surface area is 243 Å². The quantitative estimate of drug-likeness (QED) is 0.362. The molecular formula is C28H25Br2NO7S. The molecule has 0 bridgehead atoms. The van der Waals surface area contributed by atoms with Crippen LogP contribution < -0.4 is 4.18 Å². The summed E-state index contributed by atoms with van der Waals surface area (Å²) in [6, 6.07) is 11.1. The summed E-state index contributed by atoms with van der Waals surface area (Å²) in [4.78, 5) is 40.4. The van der Waals surface area contributed by atoms with Gasteiger partial charge in [-0.15, -0.1) is 0 Å². The molecule has 0 spiro atoms. The van der Waals surface area contributed by atoms with Gasteiger partial charge in [-0.2, -0.15) is 8.42 Å². The zero-order chi connectivity index (χ0) is 27.9. The second-order valence-corrected chi connectivity index (χ2v) is 13.0. The Morgan fingerprint density at radius 3 is 2.10 bits per heavy atom. The number of nitrogens with zero attached hydrogens (tertiary/aromatic N) is 1. The normalized spacial score (nSPS) is 18.3. The fraction of sp³-hybridized carbons (Fsp3) is 0.321. The minimum Gasteiger partial charge on any atom is -0.481 e. The summed E-state index contributed by atoms with van der Waals surface area (Å²) in [5, 5.41) is 9.39. The van der Waals surface area contributed by atoms with Gasteiger partial charge in [-0.1, -0.05) is 34.1 Å². The predicted molar refractivity (Wildman–Crippen MR) is 150 cm³/mol. The molecule has 0 saturated carbocycles. The van der Waals surface area contributed by atoms with Gasteiger partial charge in [-0.05, 0) is 65.9 Å². The third kappa shape index (κ3) is 5.36. The molecule has 0 unspecified atom stereocenters. The number of aliphatic carboxylic acids is 1. The van der Waals surface area contributed by atoms with Gasteiger partial charge in [0.2, 0.25) is 0 Å². The van der Waals surface area contributed by atoms with Crippen LogP contribution in [0.5, 0.6) is 5.75 Å². The number of Topliss-reactive ketones (excluding diaryl/α,β-unsaturated/α-hetero) is 2. The number of rotatable bonds is 7. The number of carboxylic acids is 1. The zero-order valence-electron chi connectivity index (χ0n) is 20.8. The Bertz CT molecular complexity index is 1500. The molecule has 0 aromatic heterocycles. The van der Waals surface area contributed by atoms with E-state index in [9.17, 15) is 27.9 Å². The minimum atomic E-state index is -4.25. The summed E-state index contributed by atoms with van der Waals surface area (Å²) in [5.74, 6) is -2.09. The minimum absolute atomic E-state index is 0.00138. The number of carbonyl (C=O) groups excluding carboxylic acids is 2. The maximum Gasteiger partial charge on any atom is 0.339 e. The van der Waals surface area contributed by atoms with Crippen LogP contribution in [0, 0.1) is 0 Å². The van der Waals surface area contributed by atoms with Crippen molar-refractivity contribution in [1.82, 2.24) is 4.90 Å². The lowest BCUT2D eigenvalue weighted by Gasteiger charge is -2.44. The Morgan fingerprint density at radius 1 is 0.949 bits per heavy atom. The number of benzene rings is 2. The molecule has 0 saturated heterocycles. The van der Waals surface area contributed by atoms with Gasteiger partial charge >= 0.3 is 16.1 Å². The molecule has 2 aliphatic carbocycles. The van der Waals surface area contributed by atoms with Gasteiger partial charge < -0.3 is 14.2 Å². The van der Waals surface area contributed by atoms with E-state index in [4.69, 9.17) is 4.18 Å². The van der Waals surface area contributed by atoms with E-state index >= 15 is 0 Å². The average molecular weight is 679 g/mol. The number of hydrogen-bond acceptors (Lipinski definition) is 7. The summed E-state index contributed by atoms with van der Waals surface area (Å²) in [6.45, 7) is 0.147.